The van der Waals surface area contributed by atoms with Crippen LogP contribution in [-0.4, -0.2) is 36.8 Å². The number of hydrogen-bond acceptors (Lipinski definition) is 5. The van der Waals surface area contributed by atoms with Crippen molar-refractivity contribution in [3.63, 3.8) is 0 Å². The van der Waals surface area contributed by atoms with Gasteiger partial charge < -0.3 is 9.64 Å². The van der Waals surface area contributed by atoms with E-state index in [1.807, 2.05) is 0 Å². The lowest BCUT2D eigenvalue weighted by Gasteiger charge is -2.33. The van der Waals surface area contributed by atoms with Crippen LogP contribution in [-0.2, 0) is 4.74 Å². The minimum absolute atomic E-state index is 0.0985. The van der Waals surface area contributed by atoms with Crippen LogP contribution in [0.15, 0.2) is 0 Å². The highest BCUT2D eigenvalue weighted by molar-refractivity contribution is 7.15. The molecule has 0 spiro atoms. The summed E-state index contributed by atoms with van der Waals surface area (Å²) in [5, 5.41) is 0.463. The van der Waals surface area contributed by atoms with Crippen molar-refractivity contribution < 1.29 is 22.7 Å². The molecule has 1 aliphatic heterocycles. The van der Waals surface area contributed by atoms with Gasteiger partial charge in [-0.15, -0.1) is 11.3 Å². The van der Waals surface area contributed by atoms with Gasteiger partial charge in [0.25, 0.3) is 0 Å². The monoisotopic (exact) mass is 322 g/mol. The van der Waals surface area contributed by atoms with Crippen LogP contribution in [0.1, 0.15) is 35.1 Å². The first-order valence-electron chi connectivity index (χ1n) is 6.79. The Morgan fingerprint density at radius 2 is 2.24 bits per heavy atom. The number of nitrogens with zero attached hydrogens (tertiary/aromatic N) is 2. The highest BCUT2D eigenvalue weighted by atomic mass is 32.1. The lowest BCUT2D eigenvalue weighted by atomic mass is 9.98. The summed E-state index contributed by atoms with van der Waals surface area (Å²) in [6, 6.07) is 0. The lowest BCUT2D eigenvalue weighted by Crippen LogP contribution is -2.41. The molecule has 4 nitrogen and oxygen atoms in total. The van der Waals surface area contributed by atoms with Crippen molar-refractivity contribution in [3.8, 4) is 0 Å². The van der Waals surface area contributed by atoms with Gasteiger partial charge in [0.1, 0.15) is 0 Å². The largest absolute Gasteiger partial charge is 0.461 e. The third-order valence-electron chi connectivity index (χ3n) is 3.41. The van der Waals surface area contributed by atoms with E-state index in [0.717, 1.165) is 0 Å². The topological polar surface area (TPSA) is 42.4 Å². The molecule has 0 N–H and O–H groups in total. The van der Waals surface area contributed by atoms with E-state index in [0.29, 0.717) is 23.0 Å². The van der Waals surface area contributed by atoms with Gasteiger partial charge in [-0.1, -0.05) is 0 Å². The van der Waals surface area contributed by atoms with E-state index in [4.69, 9.17) is 4.74 Å². The molecule has 0 aromatic carbocycles. The zero-order valence-electron chi connectivity index (χ0n) is 11.9. The number of thiazole rings is 1. The van der Waals surface area contributed by atoms with Gasteiger partial charge in [0.2, 0.25) is 0 Å². The first-order chi connectivity index (χ1) is 9.82. The van der Waals surface area contributed by atoms with Gasteiger partial charge in [-0.25, -0.2) is 9.78 Å². The quantitative estimate of drug-likeness (QED) is 0.800. The maximum Gasteiger partial charge on any atom is 0.393 e. The van der Waals surface area contributed by atoms with Crippen LogP contribution < -0.4 is 4.90 Å². The second-order valence-electron chi connectivity index (χ2n) is 4.95. The van der Waals surface area contributed by atoms with Crippen molar-refractivity contribution >= 4 is 22.4 Å². The Hall–Kier alpha value is -1.31. The highest BCUT2D eigenvalue weighted by Crippen LogP contribution is 2.36. The summed E-state index contributed by atoms with van der Waals surface area (Å²) in [5.74, 6) is -1.86. The molecule has 0 bridgehead atoms. The minimum atomic E-state index is -4.19. The standard InChI is InChI=1S/C13H17F3N2O2S/c1-3-20-11(19)10-8(2)21-12(17-10)18-6-4-5-9(7-18)13(14,15)16/h9H,3-7H2,1-2H3. The number of rotatable bonds is 3. The fraction of sp³-hybridized carbons (Fsp3) is 0.692. The number of hydrogen-bond donors (Lipinski definition) is 0. The van der Waals surface area contributed by atoms with Gasteiger partial charge in [0.05, 0.1) is 12.5 Å². The number of esters is 1. The molecule has 1 unspecified atom stereocenters. The van der Waals surface area contributed by atoms with Crippen molar-refractivity contribution in [1.82, 2.24) is 4.98 Å². The van der Waals surface area contributed by atoms with E-state index >= 15 is 0 Å². The molecule has 1 saturated heterocycles. The van der Waals surface area contributed by atoms with Crippen LogP contribution >= 0.6 is 11.3 Å². The molecule has 1 fully saturated rings. The molecule has 1 aromatic rings. The molecule has 2 heterocycles. The van der Waals surface area contributed by atoms with E-state index in [2.05, 4.69) is 4.98 Å². The van der Waals surface area contributed by atoms with Crippen LogP contribution in [0.5, 0.6) is 0 Å². The SMILES string of the molecule is CCOC(=O)c1nc(N2CCCC(C(F)(F)F)C2)sc1C. The fourth-order valence-corrected chi connectivity index (χ4v) is 3.26. The van der Waals surface area contributed by atoms with Crippen LogP contribution in [0.2, 0.25) is 0 Å². The Bertz CT molecular complexity index is 516. The molecule has 0 radical (unpaired) electrons. The minimum Gasteiger partial charge on any atom is -0.461 e. The van der Waals surface area contributed by atoms with Crippen molar-refractivity contribution in [2.75, 3.05) is 24.6 Å². The summed E-state index contributed by atoms with van der Waals surface area (Å²) in [5.41, 5.74) is 0.200. The van der Waals surface area contributed by atoms with Crippen LogP contribution in [0.3, 0.4) is 0 Å². The molecule has 0 aliphatic carbocycles. The van der Waals surface area contributed by atoms with Crippen molar-refractivity contribution in [3.05, 3.63) is 10.6 Å². The maximum atomic E-state index is 12.8. The molecule has 21 heavy (non-hydrogen) atoms. The summed E-state index contributed by atoms with van der Waals surface area (Å²) < 4.78 is 43.4. The average molecular weight is 322 g/mol. The number of anilines is 1. The Labute approximate surface area is 124 Å². The lowest BCUT2D eigenvalue weighted by molar-refractivity contribution is -0.175. The molecule has 1 aliphatic rings. The molecule has 1 atom stereocenters. The van der Waals surface area contributed by atoms with Gasteiger partial charge in [-0.3, -0.25) is 0 Å². The van der Waals surface area contributed by atoms with E-state index in [9.17, 15) is 18.0 Å². The molecular weight excluding hydrogens is 305 g/mol. The molecular formula is C13H17F3N2O2S. The zero-order chi connectivity index (χ0) is 15.6. The van der Waals surface area contributed by atoms with E-state index in [1.54, 1.807) is 18.7 Å². The highest BCUT2D eigenvalue weighted by Gasteiger charge is 2.42. The predicted molar refractivity (Wildman–Crippen MR) is 73.8 cm³/mol. The number of piperidine rings is 1. The Balaban J connectivity index is 2.15. The Morgan fingerprint density at radius 3 is 2.86 bits per heavy atom. The number of carbonyl (C=O) groups excluding carboxylic acids is 1. The zero-order valence-corrected chi connectivity index (χ0v) is 12.7. The maximum absolute atomic E-state index is 12.8. The van der Waals surface area contributed by atoms with Gasteiger partial charge >= 0.3 is 12.1 Å². The number of aryl methyl sites for hydroxylation is 1. The Kier molecular flexibility index (Phi) is 4.75. The van der Waals surface area contributed by atoms with Crippen LogP contribution in [0.25, 0.3) is 0 Å². The number of carbonyl (C=O) groups is 1. The number of aromatic nitrogens is 1. The smallest absolute Gasteiger partial charge is 0.393 e. The molecule has 2 rings (SSSR count). The molecule has 0 amide bonds. The predicted octanol–water partition coefficient (Wildman–Crippen LogP) is 3.41. The first kappa shape index (κ1) is 16.1. The number of alkyl halides is 3. The van der Waals surface area contributed by atoms with Gasteiger partial charge in [-0.2, -0.15) is 13.2 Å². The second-order valence-corrected chi connectivity index (χ2v) is 6.13. The summed E-state index contributed by atoms with van der Waals surface area (Å²) in [6.07, 6.45) is -3.57. The molecule has 8 heteroatoms. The fourth-order valence-electron chi connectivity index (χ4n) is 2.32. The molecule has 1 aromatic heterocycles. The van der Waals surface area contributed by atoms with Crippen molar-refractivity contribution in [2.24, 2.45) is 5.92 Å². The molecule has 0 saturated carbocycles. The van der Waals surface area contributed by atoms with Gasteiger partial charge in [-0.05, 0) is 26.7 Å². The molecule has 118 valence electrons. The van der Waals surface area contributed by atoms with Crippen LogP contribution in [0, 0.1) is 12.8 Å². The third kappa shape index (κ3) is 3.66. The second kappa shape index (κ2) is 6.21. The summed E-state index contributed by atoms with van der Waals surface area (Å²) in [4.78, 5) is 18.2. The van der Waals surface area contributed by atoms with Crippen molar-refractivity contribution in [2.45, 2.75) is 32.9 Å². The summed E-state index contributed by atoms with van der Waals surface area (Å²) >= 11 is 1.23. The van der Waals surface area contributed by atoms with E-state index in [1.165, 1.54) is 11.3 Å². The Morgan fingerprint density at radius 1 is 1.52 bits per heavy atom. The van der Waals surface area contributed by atoms with Gasteiger partial charge in [0.15, 0.2) is 10.8 Å². The summed E-state index contributed by atoms with van der Waals surface area (Å²) in [7, 11) is 0. The third-order valence-corrected chi connectivity index (χ3v) is 4.44. The first-order valence-corrected chi connectivity index (χ1v) is 7.60. The van der Waals surface area contributed by atoms with E-state index in [-0.39, 0.29) is 25.3 Å². The van der Waals surface area contributed by atoms with Gasteiger partial charge in [0, 0.05) is 18.0 Å². The number of ether oxygens (including phenoxy) is 1. The normalized spacial score (nSPS) is 19.7. The number of halogens is 3. The van der Waals surface area contributed by atoms with Crippen molar-refractivity contribution in [1.29, 1.82) is 0 Å². The average Bonchev–Trinajstić information content (AvgIpc) is 2.80. The van der Waals surface area contributed by atoms with Crippen LogP contribution in [0.4, 0.5) is 18.3 Å². The summed E-state index contributed by atoms with van der Waals surface area (Å²) in [6.45, 7) is 4.09. The van der Waals surface area contributed by atoms with E-state index < -0.39 is 18.1 Å².